The first-order chi connectivity index (χ1) is 10.1. The second-order valence-corrected chi connectivity index (χ2v) is 4.72. The number of carbonyl (C=O) groups is 1. The normalized spacial score (nSPS) is 11.9. The molecular weight excluding hydrogens is 270 g/mol. The van der Waals surface area contributed by atoms with E-state index in [0.29, 0.717) is 5.57 Å². The number of ether oxygens (including phenoxy) is 1. The lowest BCUT2D eigenvalue weighted by Gasteiger charge is -2.10. The molecule has 1 atom stereocenters. The topological polar surface area (TPSA) is 77.2 Å². The van der Waals surface area contributed by atoms with E-state index in [-0.39, 0.29) is 13.2 Å². The lowest BCUT2D eigenvalue weighted by atomic mass is 10.2. The molecule has 0 aliphatic carbocycles. The van der Waals surface area contributed by atoms with Crippen molar-refractivity contribution in [3.05, 3.63) is 48.7 Å². The van der Waals surface area contributed by atoms with Gasteiger partial charge in [-0.05, 0) is 6.92 Å². The van der Waals surface area contributed by atoms with E-state index in [1.165, 1.54) is 4.68 Å². The van der Waals surface area contributed by atoms with Gasteiger partial charge in [-0.25, -0.2) is 9.48 Å². The Morgan fingerprint density at radius 3 is 2.81 bits per heavy atom. The van der Waals surface area contributed by atoms with E-state index in [9.17, 15) is 9.90 Å². The SMILES string of the molecule is C=C(C)C(=O)OCC(O)Cn1cc(-c2ccccc2)nn1. The van der Waals surface area contributed by atoms with E-state index in [2.05, 4.69) is 16.9 Å². The second-order valence-electron chi connectivity index (χ2n) is 4.72. The fraction of sp³-hybridized carbons (Fsp3) is 0.267. The van der Waals surface area contributed by atoms with Crippen molar-refractivity contribution in [2.45, 2.75) is 19.6 Å². The highest BCUT2D eigenvalue weighted by atomic mass is 16.5. The third-order valence-electron chi connectivity index (χ3n) is 2.76. The summed E-state index contributed by atoms with van der Waals surface area (Å²) >= 11 is 0. The highest BCUT2D eigenvalue weighted by Crippen LogP contribution is 2.14. The molecule has 0 radical (unpaired) electrons. The van der Waals surface area contributed by atoms with Gasteiger partial charge in [0.15, 0.2) is 0 Å². The van der Waals surface area contributed by atoms with Crippen molar-refractivity contribution < 1.29 is 14.6 Å². The van der Waals surface area contributed by atoms with Gasteiger partial charge in [-0.1, -0.05) is 42.1 Å². The predicted molar refractivity (Wildman–Crippen MR) is 77.2 cm³/mol. The van der Waals surface area contributed by atoms with Crippen LogP contribution in [0, 0.1) is 0 Å². The van der Waals surface area contributed by atoms with Crippen LogP contribution in [0.15, 0.2) is 48.7 Å². The Bertz CT molecular complexity index is 622. The Balaban J connectivity index is 1.90. The standard InChI is InChI=1S/C15H17N3O3/c1-11(2)15(20)21-10-13(19)8-18-9-14(16-17-18)12-6-4-3-5-7-12/h3-7,9,13,19H,1,8,10H2,2H3. The van der Waals surface area contributed by atoms with Crippen LogP contribution in [0.25, 0.3) is 11.3 Å². The monoisotopic (exact) mass is 287 g/mol. The smallest absolute Gasteiger partial charge is 0.333 e. The van der Waals surface area contributed by atoms with Crippen molar-refractivity contribution in [3.63, 3.8) is 0 Å². The van der Waals surface area contributed by atoms with Crippen molar-refractivity contribution in [3.8, 4) is 11.3 Å². The Hall–Kier alpha value is -2.47. The minimum Gasteiger partial charge on any atom is -0.460 e. The van der Waals surface area contributed by atoms with Gasteiger partial charge in [-0.2, -0.15) is 0 Å². The Morgan fingerprint density at radius 2 is 2.14 bits per heavy atom. The number of hydrogen-bond donors (Lipinski definition) is 1. The molecule has 6 heteroatoms. The molecule has 1 heterocycles. The molecule has 0 saturated heterocycles. The third-order valence-corrected chi connectivity index (χ3v) is 2.76. The summed E-state index contributed by atoms with van der Waals surface area (Å²) in [6.07, 6.45) is 0.887. The minimum absolute atomic E-state index is 0.105. The zero-order valence-corrected chi connectivity index (χ0v) is 11.8. The number of hydrogen-bond acceptors (Lipinski definition) is 5. The quantitative estimate of drug-likeness (QED) is 0.642. The van der Waals surface area contributed by atoms with E-state index in [0.717, 1.165) is 11.3 Å². The molecule has 0 aliphatic rings. The predicted octanol–water partition coefficient (Wildman–Crippen LogP) is 1.43. The summed E-state index contributed by atoms with van der Waals surface area (Å²) in [7, 11) is 0. The lowest BCUT2D eigenvalue weighted by molar-refractivity contribution is -0.142. The summed E-state index contributed by atoms with van der Waals surface area (Å²) in [4.78, 5) is 11.2. The van der Waals surface area contributed by atoms with Crippen molar-refractivity contribution in [2.24, 2.45) is 0 Å². The zero-order valence-electron chi connectivity index (χ0n) is 11.8. The molecule has 0 fully saturated rings. The first-order valence-corrected chi connectivity index (χ1v) is 6.52. The van der Waals surface area contributed by atoms with E-state index in [1.807, 2.05) is 30.3 Å². The van der Waals surface area contributed by atoms with Gasteiger partial charge in [-0.15, -0.1) is 5.10 Å². The zero-order chi connectivity index (χ0) is 15.2. The summed E-state index contributed by atoms with van der Waals surface area (Å²) in [5.41, 5.74) is 1.98. The molecule has 0 aliphatic heterocycles. The number of aliphatic hydroxyl groups is 1. The maximum absolute atomic E-state index is 11.2. The summed E-state index contributed by atoms with van der Waals surface area (Å²) in [6, 6.07) is 9.62. The van der Waals surface area contributed by atoms with Crippen LogP contribution < -0.4 is 0 Å². The Labute approximate surface area is 122 Å². The molecule has 0 saturated carbocycles. The number of esters is 1. The van der Waals surface area contributed by atoms with Crippen LogP contribution in [0.2, 0.25) is 0 Å². The molecule has 0 amide bonds. The van der Waals surface area contributed by atoms with Gasteiger partial charge in [-0.3, -0.25) is 0 Å². The van der Waals surface area contributed by atoms with Crippen LogP contribution in [0.4, 0.5) is 0 Å². The molecule has 0 bridgehead atoms. The van der Waals surface area contributed by atoms with Gasteiger partial charge in [0.2, 0.25) is 0 Å². The average Bonchev–Trinajstić information content (AvgIpc) is 2.94. The molecule has 0 spiro atoms. The fourth-order valence-corrected chi connectivity index (χ4v) is 1.69. The highest BCUT2D eigenvalue weighted by Gasteiger charge is 2.11. The van der Waals surface area contributed by atoms with Crippen LogP contribution >= 0.6 is 0 Å². The Morgan fingerprint density at radius 1 is 1.43 bits per heavy atom. The minimum atomic E-state index is -0.848. The lowest BCUT2D eigenvalue weighted by Crippen LogP contribution is -2.24. The van der Waals surface area contributed by atoms with Crippen molar-refractivity contribution >= 4 is 5.97 Å². The molecule has 2 rings (SSSR count). The number of aromatic nitrogens is 3. The summed E-state index contributed by atoms with van der Waals surface area (Å²) in [6.45, 7) is 5.12. The van der Waals surface area contributed by atoms with Crippen LogP contribution in [0.1, 0.15) is 6.92 Å². The van der Waals surface area contributed by atoms with Crippen molar-refractivity contribution in [1.29, 1.82) is 0 Å². The molecule has 1 aromatic carbocycles. The summed E-state index contributed by atoms with van der Waals surface area (Å²) < 4.78 is 6.39. The third kappa shape index (κ3) is 4.25. The molecule has 21 heavy (non-hydrogen) atoms. The van der Waals surface area contributed by atoms with Gasteiger partial charge in [0.25, 0.3) is 0 Å². The van der Waals surface area contributed by atoms with Crippen molar-refractivity contribution in [1.82, 2.24) is 15.0 Å². The molecule has 2 aromatic rings. The van der Waals surface area contributed by atoms with E-state index >= 15 is 0 Å². The Kier molecular flexibility index (Phi) is 4.84. The van der Waals surface area contributed by atoms with Gasteiger partial charge >= 0.3 is 5.97 Å². The number of benzene rings is 1. The van der Waals surface area contributed by atoms with E-state index in [4.69, 9.17) is 4.74 Å². The van der Waals surface area contributed by atoms with Gasteiger partial charge in [0.05, 0.1) is 12.7 Å². The van der Waals surface area contributed by atoms with Crippen LogP contribution in [0.3, 0.4) is 0 Å². The second kappa shape index (κ2) is 6.81. The van der Waals surface area contributed by atoms with Crippen LogP contribution in [-0.2, 0) is 16.1 Å². The average molecular weight is 287 g/mol. The first-order valence-electron chi connectivity index (χ1n) is 6.52. The maximum Gasteiger partial charge on any atom is 0.333 e. The molecule has 1 aromatic heterocycles. The highest BCUT2D eigenvalue weighted by molar-refractivity contribution is 5.86. The maximum atomic E-state index is 11.2. The molecular formula is C15H17N3O3. The largest absolute Gasteiger partial charge is 0.460 e. The van der Waals surface area contributed by atoms with Crippen LogP contribution in [0.5, 0.6) is 0 Å². The number of aliphatic hydroxyl groups excluding tert-OH is 1. The van der Waals surface area contributed by atoms with Gasteiger partial charge in [0, 0.05) is 11.1 Å². The number of carbonyl (C=O) groups excluding carboxylic acids is 1. The first kappa shape index (κ1) is 14.9. The molecule has 6 nitrogen and oxygen atoms in total. The number of rotatable bonds is 6. The molecule has 110 valence electrons. The molecule has 1 unspecified atom stereocenters. The summed E-state index contributed by atoms with van der Waals surface area (Å²) in [5.74, 6) is -0.516. The van der Waals surface area contributed by atoms with Gasteiger partial charge in [0.1, 0.15) is 18.4 Å². The van der Waals surface area contributed by atoms with E-state index in [1.54, 1.807) is 13.1 Å². The molecule has 1 N–H and O–H groups in total. The fourth-order valence-electron chi connectivity index (χ4n) is 1.69. The van der Waals surface area contributed by atoms with E-state index < -0.39 is 12.1 Å². The van der Waals surface area contributed by atoms with Crippen molar-refractivity contribution in [2.75, 3.05) is 6.61 Å². The summed E-state index contributed by atoms with van der Waals surface area (Å²) in [5, 5.41) is 17.8. The number of nitrogens with zero attached hydrogens (tertiary/aromatic N) is 3. The van der Waals surface area contributed by atoms with Crippen LogP contribution in [-0.4, -0.2) is 38.8 Å². The van der Waals surface area contributed by atoms with Gasteiger partial charge < -0.3 is 9.84 Å².